The first-order valence-electron chi connectivity index (χ1n) is 4.71. The van der Waals surface area contributed by atoms with Gasteiger partial charge >= 0.3 is 0 Å². The van der Waals surface area contributed by atoms with Crippen molar-refractivity contribution < 1.29 is 0 Å². The molecule has 1 aromatic carbocycles. The van der Waals surface area contributed by atoms with Crippen molar-refractivity contribution in [2.24, 2.45) is 0 Å². The van der Waals surface area contributed by atoms with Gasteiger partial charge in [0, 0.05) is 11.9 Å². The van der Waals surface area contributed by atoms with Gasteiger partial charge in [-0.2, -0.15) is 16.2 Å². The molecule has 0 aliphatic carbocycles. The molecule has 0 amide bonds. The Hall–Kier alpha value is -1.66. The van der Waals surface area contributed by atoms with Crippen LogP contribution in [-0.4, -0.2) is 7.05 Å². The maximum absolute atomic E-state index is 9.03. The summed E-state index contributed by atoms with van der Waals surface area (Å²) in [4.78, 5) is 1.13. The monoisotopic (exact) mass is 216 g/mol. The molecule has 1 unspecified atom stereocenters. The standard InChI is InChI=1S/C12H12N2S/c1-14-12-7-4-8-15(12)11-6-3-2-5-10(11)9-13/h2-8,14-15H,1H3. The van der Waals surface area contributed by atoms with E-state index >= 15 is 0 Å². The lowest BCUT2D eigenvalue weighted by atomic mass is 10.2. The molecule has 0 saturated carbocycles. The molecule has 15 heavy (non-hydrogen) atoms. The average molecular weight is 216 g/mol. The van der Waals surface area contributed by atoms with Gasteiger partial charge in [-0.15, -0.1) is 0 Å². The predicted octanol–water partition coefficient (Wildman–Crippen LogP) is 2.51. The van der Waals surface area contributed by atoms with Crippen molar-refractivity contribution in [1.29, 1.82) is 5.26 Å². The molecule has 0 spiro atoms. The Morgan fingerprint density at radius 3 is 2.87 bits per heavy atom. The van der Waals surface area contributed by atoms with Crippen LogP contribution in [0.3, 0.4) is 0 Å². The fourth-order valence-electron chi connectivity index (χ4n) is 1.57. The summed E-state index contributed by atoms with van der Waals surface area (Å²) in [7, 11) is 1.44. The Morgan fingerprint density at radius 2 is 2.13 bits per heavy atom. The molecule has 1 N–H and O–H groups in total. The molecule has 1 atom stereocenters. The summed E-state index contributed by atoms with van der Waals surface area (Å²) in [5.74, 6) is 0. The summed E-state index contributed by atoms with van der Waals surface area (Å²) < 4.78 is 0. The van der Waals surface area contributed by atoms with Crippen LogP contribution >= 0.6 is 10.9 Å². The van der Waals surface area contributed by atoms with Gasteiger partial charge in [-0.3, -0.25) is 0 Å². The number of allylic oxidation sites excluding steroid dienone is 2. The molecular weight excluding hydrogens is 204 g/mol. The Balaban J connectivity index is 2.43. The summed E-state index contributed by atoms with van der Waals surface area (Å²) >= 11 is 0. The van der Waals surface area contributed by atoms with E-state index in [0.717, 1.165) is 10.5 Å². The lowest BCUT2D eigenvalue weighted by molar-refractivity contribution is 1.08. The number of thiol groups is 1. The SMILES string of the molecule is CNC1=CC=C[SH]1c1ccccc1C#N. The van der Waals surface area contributed by atoms with E-state index in [1.54, 1.807) is 0 Å². The van der Waals surface area contributed by atoms with Crippen molar-refractivity contribution in [3.63, 3.8) is 0 Å². The second-order valence-corrected chi connectivity index (χ2v) is 5.14. The largest absolute Gasteiger partial charge is 0.384 e. The average Bonchev–Trinajstić information content (AvgIpc) is 2.76. The van der Waals surface area contributed by atoms with Gasteiger partial charge in [-0.1, -0.05) is 18.2 Å². The maximum atomic E-state index is 9.03. The zero-order valence-corrected chi connectivity index (χ0v) is 9.33. The molecule has 3 heteroatoms. The zero-order chi connectivity index (χ0) is 10.7. The van der Waals surface area contributed by atoms with Crippen molar-refractivity contribution in [3.05, 3.63) is 52.4 Å². The maximum Gasteiger partial charge on any atom is 0.100 e. The highest BCUT2D eigenvalue weighted by Gasteiger charge is 2.14. The van der Waals surface area contributed by atoms with Gasteiger partial charge in [0.05, 0.1) is 10.6 Å². The minimum atomic E-state index is -0.483. The topological polar surface area (TPSA) is 35.8 Å². The molecule has 0 fully saturated rings. The van der Waals surface area contributed by atoms with Crippen LogP contribution in [0.1, 0.15) is 5.56 Å². The summed E-state index contributed by atoms with van der Waals surface area (Å²) in [5, 5.41) is 15.6. The van der Waals surface area contributed by atoms with Crippen molar-refractivity contribution in [2.45, 2.75) is 4.90 Å². The first-order chi connectivity index (χ1) is 7.36. The number of nitrogens with zero attached hydrogens (tertiary/aromatic N) is 1. The van der Waals surface area contributed by atoms with Crippen molar-refractivity contribution in [1.82, 2.24) is 5.32 Å². The van der Waals surface area contributed by atoms with Gasteiger partial charge in [0.15, 0.2) is 0 Å². The van der Waals surface area contributed by atoms with Gasteiger partial charge in [-0.25, -0.2) is 0 Å². The van der Waals surface area contributed by atoms with E-state index in [1.165, 1.54) is 5.03 Å². The Labute approximate surface area is 92.3 Å². The highest BCUT2D eigenvalue weighted by atomic mass is 32.2. The van der Waals surface area contributed by atoms with Crippen LogP contribution in [0.5, 0.6) is 0 Å². The van der Waals surface area contributed by atoms with Crippen LogP contribution in [0.4, 0.5) is 0 Å². The third-order valence-electron chi connectivity index (χ3n) is 2.29. The number of nitrogens with one attached hydrogen (secondary N) is 1. The number of benzene rings is 1. The van der Waals surface area contributed by atoms with Crippen LogP contribution in [0.15, 0.2) is 51.8 Å². The van der Waals surface area contributed by atoms with Crippen molar-refractivity contribution in [2.75, 3.05) is 7.05 Å². The Morgan fingerprint density at radius 1 is 1.33 bits per heavy atom. The van der Waals surface area contributed by atoms with Gasteiger partial charge in [0.25, 0.3) is 0 Å². The van der Waals surface area contributed by atoms with Crippen LogP contribution in [0, 0.1) is 11.3 Å². The van der Waals surface area contributed by atoms with E-state index in [0.29, 0.717) is 0 Å². The highest BCUT2D eigenvalue weighted by Crippen LogP contribution is 2.47. The summed E-state index contributed by atoms with van der Waals surface area (Å²) in [6, 6.07) is 10.0. The second kappa shape index (κ2) is 4.24. The number of hydrogen-bond donors (Lipinski definition) is 2. The van der Waals surface area contributed by atoms with Crippen molar-refractivity contribution in [3.8, 4) is 6.07 Å². The molecule has 76 valence electrons. The molecule has 0 saturated heterocycles. The zero-order valence-electron chi connectivity index (χ0n) is 8.44. The Kier molecular flexibility index (Phi) is 2.79. The van der Waals surface area contributed by atoms with E-state index in [4.69, 9.17) is 5.26 Å². The quantitative estimate of drug-likeness (QED) is 0.745. The lowest BCUT2D eigenvalue weighted by Crippen LogP contribution is -2.04. The van der Waals surface area contributed by atoms with E-state index in [9.17, 15) is 0 Å². The lowest BCUT2D eigenvalue weighted by Gasteiger charge is -2.19. The third-order valence-corrected chi connectivity index (χ3v) is 4.56. The molecule has 1 aromatic rings. The molecule has 1 aliphatic rings. The smallest absolute Gasteiger partial charge is 0.100 e. The summed E-state index contributed by atoms with van der Waals surface area (Å²) in [6.07, 6.45) is 4.12. The van der Waals surface area contributed by atoms with Gasteiger partial charge in [0.2, 0.25) is 0 Å². The van der Waals surface area contributed by atoms with Gasteiger partial charge in [-0.05, 0) is 23.6 Å². The third kappa shape index (κ3) is 1.77. The van der Waals surface area contributed by atoms with Crippen LogP contribution in [0.2, 0.25) is 0 Å². The fraction of sp³-hybridized carbons (Fsp3) is 0.0833. The van der Waals surface area contributed by atoms with Crippen molar-refractivity contribution >= 4 is 10.9 Å². The highest BCUT2D eigenvalue weighted by molar-refractivity contribution is 8.23. The van der Waals surface area contributed by atoms with Crippen LogP contribution < -0.4 is 5.32 Å². The van der Waals surface area contributed by atoms with Gasteiger partial charge in [0.1, 0.15) is 6.07 Å². The Bertz CT molecular complexity index is 469. The summed E-state index contributed by atoms with van der Waals surface area (Å²) in [6.45, 7) is 0. The molecule has 0 aromatic heterocycles. The molecular formula is C12H12N2S. The first kappa shape index (κ1) is 9.88. The summed E-state index contributed by atoms with van der Waals surface area (Å²) in [5.41, 5.74) is 0.774. The predicted molar refractivity (Wildman–Crippen MR) is 64.7 cm³/mol. The van der Waals surface area contributed by atoms with Crippen LogP contribution in [-0.2, 0) is 0 Å². The molecule has 1 heterocycles. The fourth-order valence-corrected chi connectivity index (χ4v) is 3.53. The van der Waals surface area contributed by atoms with Crippen LogP contribution in [0.25, 0.3) is 0 Å². The minimum Gasteiger partial charge on any atom is -0.384 e. The molecule has 0 bridgehead atoms. The van der Waals surface area contributed by atoms with E-state index in [2.05, 4.69) is 22.9 Å². The van der Waals surface area contributed by atoms with Gasteiger partial charge < -0.3 is 5.32 Å². The number of rotatable bonds is 2. The van der Waals surface area contributed by atoms with E-state index in [1.807, 2.05) is 37.4 Å². The first-order valence-corrected chi connectivity index (χ1v) is 6.12. The number of hydrogen-bond acceptors (Lipinski definition) is 2. The molecule has 2 nitrogen and oxygen atoms in total. The van der Waals surface area contributed by atoms with E-state index in [-0.39, 0.29) is 0 Å². The molecule has 2 rings (SSSR count). The minimum absolute atomic E-state index is 0.483. The number of nitriles is 1. The molecule has 0 radical (unpaired) electrons. The normalized spacial score (nSPS) is 20.8. The molecule has 1 aliphatic heterocycles. The second-order valence-electron chi connectivity index (χ2n) is 3.14. The van der Waals surface area contributed by atoms with E-state index < -0.39 is 10.9 Å².